The van der Waals surface area contributed by atoms with Gasteiger partial charge in [-0.2, -0.15) is 13.2 Å². The monoisotopic (exact) mass is 522 g/mol. The number of anilines is 3. The maximum absolute atomic E-state index is 13.8. The highest BCUT2D eigenvalue weighted by Gasteiger charge is 2.56. The maximum atomic E-state index is 13.8. The highest BCUT2D eigenvalue weighted by molar-refractivity contribution is 6.09. The third-order valence-electron chi connectivity index (χ3n) is 7.42. The van der Waals surface area contributed by atoms with Crippen LogP contribution in [0.15, 0.2) is 60.5 Å². The summed E-state index contributed by atoms with van der Waals surface area (Å²) in [5.41, 5.74) is 1.45. The molecule has 1 aliphatic carbocycles. The van der Waals surface area contributed by atoms with E-state index in [1.54, 1.807) is 18.2 Å². The van der Waals surface area contributed by atoms with Gasteiger partial charge in [-0.3, -0.25) is 4.79 Å². The molecule has 3 aliphatic rings. The Morgan fingerprint density at radius 1 is 1.24 bits per heavy atom. The predicted molar refractivity (Wildman–Crippen MR) is 134 cm³/mol. The number of allylic oxidation sites excluding steroid dienone is 2. The van der Waals surface area contributed by atoms with Gasteiger partial charge in [0.25, 0.3) is 0 Å². The van der Waals surface area contributed by atoms with E-state index in [-0.39, 0.29) is 29.9 Å². The molecule has 2 aliphatic heterocycles. The first-order chi connectivity index (χ1) is 18.3. The molecule has 1 unspecified atom stereocenters. The lowest BCUT2D eigenvalue weighted by Gasteiger charge is -2.16. The fourth-order valence-electron chi connectivity index (χ4n) is 5.27. The van der Waals surface area contributed by atoms with Crippen molar-refractivity contribution in [1.29, 1.82) is 0 Å². The molecule has 1 atom stereocenters. The van der Waals surface area contributed by atoms with Crippen molar-refractivity contribution in [2.24, 2.45) is 0 Å². The average molecular weight is 523 g/mol. The minimum atomic E-state index is -4.62. The molecule has 3 aromatic rings. The van der Waals surface area contributed by atoms with Crippen molar-refractivity contribution in [2.75, 3.05) is 24.4 Å². The van der Waals surface area contributed by atoms with Gasteiger partial charge in [0.2, 0.25) is 11.9 Å². The summed E-state index contributed by atoms with van der Waals surface area (Å²) in [5.74, 6) is 1.02. The van der Waals surface area contributed by atoms with E-state index in [2.05, 4.69) is 20.6 Å². The topological polar surface area (TPSA) is 85.4 Å². The van der Waals surface area contributed by atoms with E-state index in [1.807, 2.05) is 30.3 Å². The number of hydrogen-bond donors (Lipinski definition) is 2. The minimum Gasteiger partial charge on any atom is -0.498 e. The molecule has 6 rings (SSSR count). The summed E-state index contributed by atoms with van der Waals surface area (Å²) in [6.45, 7) is 0.504. The SMILES string of the molecule is COc1cc2c(cc1Nc1ncc(C(F)(F)F)c(C/C=C3\OCCC3c3ccccc3)n1)NC(=O)C21CC1. The number of nitrogens with one attached hydrogen (secondary N) is 2. The fourth-order valence-corrected chi connectivity index (χ4v) is 5.27. The van der Waals surface area contributed by atoms with E-state index in [0.29, 0.717) is 29.5 Å². The van der Waals surface area contributed by atoms with Gasteiger partial charge in [-0.15, -0.1) is 0 Å². The maximum Gasteiger partial charge on any atom is 0.419 e. The zero-order valence-corrected chi connectivity index (χ0v) is 20.6. The fraction of sp³-hybridized carbons (Fsp3) is 0.321. The molecular weight excluding hydrogens is 497 g/mol. The van der Waals surface area contributed by atoms with Crippen molar-refractivity contribution in [3.05, 3.63) is 82.9 Å². The van der Waals surface area contributed by atoms with Crippen LogP contribution in [0.3, 0.4) is 0 Å². The Morgan fingerprint density at radius 3 is 2.74 bits per heavy atom. The molecule has 196 valence electrons. The third-order valence-corrected chi connectivity index (χ3v) is 7.42. The molecule has 3 heterocycles. The number of alkyl halides is 3. The predicted octanol–water partition coefficient (Wildman–Crippen LogP) is 5.86. The molecule has 1 spiro atoms. The second-order valence-corrected chi connectivity index (χ2v) is 9.72. The number of aromatic nitrogens is 2. The lowest BCUT2D eigenvalue weighted by atomic mass is 9.95. The molecule has 0 radical (unpaired) electrons. The van der Waals surface area contributed by atoms with Crippen LogP contribution in [0.25, 0.3) is 0 Å². The first-order valence-corrected chi connectivity index (χ1v) is 12.4. The molecule has 2 fully saturated rings. The quantitative estimate of drug-likeness (QED) is 0.422. The average Bonchev–Trinajstić information content (AvgIpc) is 3.50. The van der Waals surface area contributed by atoms with Crippen molar-refractivity contribution >= 4 is 23.2 Å². The highest BCUT2D eigenvalue weighted by Crippen LogP contribution is 2.56. The number of rotatable bonds is 6. The molecule has 7 nitrogen and oxygen atoms in total. The first-order valence-electron chi connectivity index (χ1n) is 12.4. The standard InChI is InChI=1S/C28H25F3N4O3/c1-37-24-13-18-21(33-25(36)27(18)10-11-27)14-22(24)35-26-32-15-19(28(29,30)31)20(34-26)7-8-23-17(9-12-38-23)16-5-3-2-4-6-16/h2-6,8,13-15,17H,7,9-12H2,1H3,(H,33,36)(H,32,34,35)/b23-8-. The normalized spacial score (nSPS) is 20.3. The van der Waals surface area contributed by atoms with E-state index in [4.69, 9.17) is 9.47 Å². The third kappa shape index (κ3) is 4.23. The summed E-state index contributed by atoms with van der Waals surface area (Å²) < 4.78 is 52.7. The molecule has 10 heteroatoms. The van der Waals surface area contributed by atoms with E-state index in [1.165, 1.54) is 7.11 Å². The lowest BCUT2D eigenvalue weighted by Crippen LogP contribution is -2.18. The number of benzene rings is 2. The molecule has 0 bridgehead atoms. The largest absolute Gasteiger partial charge is 0.498 e. The number of carbonyl (C=O) groups excluding carboxylic acids is 1. The lowest BCUT2D eigenvalue weighted by molar-refractivity contribution is -0.138. The summed E-state index contributed by atoms with van der Waals surface area (Å²) in [6.07, 6.45) is 0.0741. The number of ether oxygens (including phenoxy) is 2. The van der Waals surface area contributed by atoms with Crippen LogP contribution in [-0.4, -0.2) is 29.6 Å². The van der Waals surface area contributed by atoms with Crippen molar-refractivity contribution in [3.63, 3.8) is 0 Å². The van der Waals surface area contributed by atoms with Gasteiger partial charge in [0, 0.05) is 24.2 Å². The summed E-state index contributed by atoms with van der Waals surface area (Å²) in [6, 6.07) is 13.2. The number of nitrogens with zero attached hydrogens (tertiary/aromatic N) is 2. The summed E-state index contributed by atoms with van der Waals surface area (Å²) in [7, 11) is 1.49. The van der Waals surface area contributed by atoms with Crippen LogP contribution >= 0.6 is 0 Å². The Hall–Kier alpha value is -4.08. The molecule has 2 N–H and O–H groups in total. The van der Waals surface area contributed by atoms with Gasteiger partial charge in [-0.1, -0.05) is 30.3 Å². The van der Waals surface area contributed by atoms with Crippen molar-refractivity contribution in [3.8, 4) is 5.75 Å². The van der Waals surface area contributed by atoms with Gasteiger partial charge in [-0.25, -0.2) is 9.97 Å². The van der Waals surface area contributed by atoms with Crippen LogP contribution in [0.4, 0.5) is 30.5 Å². The summed E-state index contributed by atoms with van der Waals surface area (Å²) in [4.78, 5) is 20.6. The van der Waals surface area contributed by atoms with Gasteiger partial charge < -0.3 is 20.1 Å². The zero-order chi connectivity index (χ0) is 26.5. The molecular formula is C28H25F3N4O3. The van der Waals surface area contributed by atoms with Crippen LogP contribution in [0.2, 0.25) is 0 Å². The van der Waals surface area contributed by atoms with Gasteiger partial charge in [0.15, 0.2) is 0 Å². The van der Waals surface area contributed by atoms with Crippen LogP contribution in [-0.2, 0) is 27.5 Å². The molecule has 1 saturated carbocycles. The first kappa shape index (κ1) is 24.3. The van der Waals surface area contributed by atoms with Crippen molar-refractivity contribution in [2.45, 2.75) is 43.2 Å². The Labute approximate surface area is 217 Å². The number of carbonyl (C=O) groups is 1. The number of fused-ring (bicyclic) bond motifs is 2. The molecule has 2 aromatic carbocycles. The van der Waals surface area contributed by atoms with E-state index >= 15 is 0 Å². The van der Waals surface area contributed by atoms with Crippen LogP contribution in [0.5, 0.6) is 5.75 Å². The van der Waals surface area contributed by atoms with Gasteiger partial charge >= 0.3 is 6.18 Å². The molecule has 1 amide bonds. The Balaban J connectivity index is 1.30. The minimum absolute atomic E-state index is 0.00869. The van der Waals surface area contributed by atoms with E-state index < -0.39 is 17.2 Å². The second kappa shape index (κ2) is 9.04. The Morgan fingerprint density at radius 2 is 2.03 bits per heavy atom. The summed E-state index contributed by atoms with van der Waals surface area (Å²) in [5, 5.41) is 5.87. The van der Waals surface area contributed by atoms with Crippen molar-refractivity contribution < 1.29 is 27.4 Å². The van der Waals surface area contributed by atoms with Gasteiger partial charge in [0.05, 0.1) is 41.8 Å². The number of halogens is 3. The number of amides is 1. The van der Waals surface area contributed by atoms with Gasteiger partial charge in [0.1, 0.15) is 5.75 Å². The van der Waals surface area contributed by atoms with E-state index in [0.717, 1.165) is 36.6 Å². The van der Waals surface area contributed by atoms with E-state index in [9.17, 15) is 18.0 Å². The van der Waals surface area contributed by atoms with Crippen LogP contribution in [0.1, 0.15) is 47.6 Å². The highest BCUT2D eigenvalue weighted by atomic mass is 19.4. The number of hydrogen-bond acceptors (Lipinski definition) is 6. The Bertz CT molecular complexity index is 1440. The zero-order valence-electron chi connectivity index (χ0n) is 20.6. The number of methoxy groups -OCH3 is 1. The van der Waals surface area contributed by atoms with Crippen LogP contribution in [0, 0.1) is 0 Å². The van der Waals surface area contributed by atoms with Crippen molar-refractivity contribution in [1.82, 2.24) is 9.97 Å². The molecule has 38 heavy (non-hydrogen) atoms. The Kier molecular flexibility index (Phi) is 5.77. The summed E-state index contributed by atoms with van der Waals surface area (Å²) >= 11 is 0. The van der Waals surface area contributed by atoms with Gasteiger partial charge in [-0.05, 0) is 48.6 Å². The molecule has 1 aromatic heterocycles. The second-order valence-electron chi connectivity index (χ2n) is 9.72. The van der Waals surface area contributed by atoms with Crippen LogP contribution < -0.4 is 15.4 Å². The smallest absolute Gasteiger partial charge is 0.419 e. The molecule has 1 saturated heterocycles.